The van der Waals surface area contributed by atoms with E-state index in [1.165, 1.54) is 16.7 Å². The minimum Gasteiger partial charge on any atom is -0.385 e. The van der Waals surface area contributed by atoms with Crippen LogP contribution < -0.4 is 5.73 Å². The van der Waals surface area contributed by atoms with Gasteiger partial charge in [0.25, 0.3) is 0 Å². The third kappa shape index (κ3) is 2.95. The first-order valence-corrected chi connectivity index (χ1v) is 6.92. The van der Waals surface area contributed by atoms with Crippen LogP contribution in [0.1, 0.15) is 16.8 Å². The summed E-state index contributed by atoms with van der Waals surface area (Å²) < 4.78 is 2.11. The van der Waals surface area contributed by atoms with Crippen LogP contribution in [0.2, 0.25) is 0 Å². The third-order valence-electron chi connectivity index (χ3n) is 3.92. The minimum absolute atomic E-state index is 0. The van der Waals surface area contributed by atoms with Crippen molar-refractivity contribution in [1.82, 2.24) is 9.55 Å². The third-order valence-corrected chi connectivity index (χ3v) is 3.92. The summed E-state index contributed by atoms with van der Waals surface area (Å²) in [6.45, 7) is 5.01. The molecule has 2 heterocycles. The molecule has 1 aromatic rings. The summed E-state index contributed by atoms with van der Waals surface area (Å²) in [4.78, 5) is 4.67. The Kier molecular flexibility index (Phi) is 4.68. The van der Waals surface area contributed by atoms with E-state index in [-0.39, 0.29) is 17.0 Å². The van der Waals surface area contributed by atoms with Crippen molar-refractivity contribution in [2.24, 2.45) is 0 Å². The van der Waals surface area contributed by atoms with Gasteiger partial charge < -0.3 is 10.3 Å². The molecule has 0 aromatic heterocycles. The molecule has 0 aliphatic carbocycles. The molecule has 0 saturated carbocycles. The highest BCUT2D eigenvalue weighted by molar-refractivity contribution is 8.93. The van der Waals surface area contributed by atoms with Crippen LogP contribution in [0.15, 0.2) is 42.5 Å². The average Bonchev–Trinajstić information content (AvgIpc) is 2.75. The van der Waals surface area contributed by atoms with Gasteiger partial charge in [0.1, 0.15) is 11.6 Å². The highest BCUT2D eigenvalue weighted by Gasteiger charge is 2.16. The van der Waals surface area contributed by atoms with E-state index in [9.17, 15) is 0 Å². The van der Waals surface area contributed by atoms with Crippen molar-refractivity contribution in [3.8, 4) is 11.4 Å². The van der Waals surface area contributed by atoms with E-state index in [0.717, 1.165) is 30.3 Å². The number of halogens is 1. The molecule has 2 N–H and O–H groups in total. The Bertz CT molecular complexity index is 704. The standard InChI is InChI=1S/C17H19N3.BrH/c1-12-13(2)19-17-15(12)8-9-16(18)20(17)11-10-14-6-4-3-5-7-14;/h3-9H,10-11,18H2,1-2H3;1H. The average molecular weight is 346 g/mol. The lowest BCUT2D eigenvalue weighted by molar-refractivity contribution is 0.698. The number of nitrogen functional groups attached to an aromatic ring is 1. The van der Waals surface area contributed by atoms with Gasteiger partial charge in [-0.05, 0) is 43.5 Å². The molecule has 0 radical (unpaired) electrons. The van der Waals surface area contributed by atoms with Gasteiger partial charge in [-0.3, -0.25) is 0 Å². The van der Waals surface area contributed by atoms with Gasteiger partial charge in [-0.15, -0.1) is 17.0 Å². The van der Waals surface area contributed by atoms with Gasteiger partial charge in [0, 0.05) is 17.8 Å². The van der Waals surface area contributed by atoms with Crippen molar-refractivity contribution < 1.29 is 0 Å². The first-order valence-electron chi connectivity index (χ1n) is 6.92. The fourth-order valence-electron chi connectivity index (χ4n) is 2.57. The summed E-state index contributed by atoms with van der Waals surface area (Å²) in [5, 5.41) is 0. The number of pyridine rings is 1. The fourth-order valence-corrected chi connectivity index (χ4v) is 2.57. The Labute approximate surface area is 135 Å². The molecule has 0 unspecified atom stereocenters. The van der Waals surface area contributed by atoms with Crippen LogP contribution in [0.5, 0.6) is 0 Å². The second-order valence-electron chi connectivity index (χ2n) is 5.20. The lowest BCUT2D eigenvalue weighted by Crippen LogP contribution is -2.11. The van der Waals surface area contributed by atoms with Crippen LogP contribution in [0.4, 0.5) is 5.82 Å². The molecule has 1 aromatic carbocycles. The van der Waals surface area contributed by atoms with Crippen molar-refractivity contribution in [1.29, 1.82) is 0 Å². The molecule has 110 valence electrons. The van der Waals surface area contributed by atoms with Gasteiger partial charge >= 0.3 is 0 Å². The lowest BCUT2D eigenvalue weighted by atomic mass is 10.1. The van der Waals surface area contributed by atoms with Crippen LogP contribution in [0, 0.1) is 13.8 Å². The maximum Gasteiger partial charge on any atom is 0.142 e. The summed E-state index contributed by atoms with van der Waals surface area (Å²) in [6.07, 6.45) is 0.958. The summed E-state index contributed by atoms with van der Waals surface area (Å²) >= 11 is 0. The van der Waals surface area contributed by atoms with E-state index in [2.05, 4.69) is 46.8 Å². The van der Waals surface area contributed by atoms with E-state index in [1.807, 2.05) is 19.1 Å². The van der Waals surface area contributed by atoms with Gasteiger partial charge in [-0.2, -0.15) is 0 Å². The molecule has 0 spiro atoms. The zero-order chi connectivity index (χ0) is 14.1. The van der Waals surface area contributed by atoms with E-state index < -0.39 is 0 Å². The van der Waals surface area contributed by atoms with Gasteiger partial charge in [-0.1, -0.05) is 30.3 Å². The Morgan fingerprint density at radius 2 is 1.76 bits per heavy atom. The molecule has 0 amide bonds. The SMILES string of the molecule is Br.Cc1nc2n(CCc3ccccc3)c(N)ccc-2c1C. The Morgan fingerprint density at radius 3 is 2.48 bits per heavy atom. The van der Waals surface area contributed by atoms with Crippen LogP contribution in [-0.4, -0.2) is 9.55 Å². The highest BCUT2D eigenvalue weighted by atomic mass is 79.9. The number of aromatic nitrogens is 2. The van der Waals surface area contributed by atoms with Crippen molar-refractivity contribution in [3.05, 3.63) is 59.3 Å². The maximum atomic E-state index is 6.13. The van der Waals surface area contributed by atoms with Crippen molar-refractivity contribution >= 4 is 22.8 Å². The van der Waals surface area contributed by atoms with Crippen LogP contribution in [0.3, 0.4) is 0 Å². The van der Waals surface area contributed by atoms with E-state index in [1.54, 1.807) is 0 Å². The number of aryl methyl sites for hydroxylation is 2. The summed E-state index contributed by atoms with van der Waals surface area (Å²) in [5.74, 6) is 1.77. The molecule has 2 aliphatic heterocycles. The molecular weight excluding hydrogens is 326 g/mol. The molecule has 4 heteroatoms. The quantitative estimate of drug-likeness (QED) is 0.779. The van der Waals surface area contributed by atoms with Crippen LogP contribution >= 0.6 is 17.0 Å². The zero-order valence-electron chi connectivity index (χ0n) is 12.3. The van der Waals surface area contributed by atoms with Crippen LogP contribution in [-0.2, 0) is 13.0 Å². The van der Waals surface area contributed by atoms with Crippen molar-refractivity contribution in [2.45, 2.75) is 26.8 Å². The Hall–Kier alpha value is -1.81. The lowest BCUT2D eigenvalue weighted by Gasteiger charge is -2.15. The molecular formula is C17H20BrN3. The van der Waals surface area contributed by atoms with Gasteiger partial charge in [0.05, 0.1) is 0 Å². The maximum absolute atomic E-state index is 6.13. The topological polar surface area (TPSA) is 43.8 Å². The number of benzene rings is 1. The second-order valence-corrected chi connectivity index (χ2v) is 5.20. The number of hydrogen-bond acceptors (Lipinski definition) is 2. The fraction of sp³-hybridized carbons (Fsp3) is 0.235. The summed E-state index contributed by atoms with van der Waals surface area (Å²) in [7, 11) is 0. The molecule has 3 nitrogen and oxygen atoms in total. The number of hydrogen-bond donors (Lipinski definition) is 1. The zero-order valence-corrected chi connectivity index (χ0v) is 14.0. The monoisotopic (exact) mass is 345 g/mol. The highest BCUT2D eigenvalue weighted by Crippen LogP contribution is 2.29. The predicted octanol–water partition coefficient (Wildman–Crippen LogP) is 4.01. The number of nitrogens with zero attached hydrogens (tertiary/aromatic N) is 2. The van der Waals surface area contributed by atoms with E-state index >= 15 is 0 Å². The number of fused-ring (bicyclic) bond motifs is 1. The predicted molar refractivity (Wildman–Crippen MR) is 93.2 cm³/mol. The number of anilines is 1. The smallest absolute Gasteiger partial charge is 0.142 e. The second kappa shape index (κ2) is 6.31. The largest absolute Gasteiger partial charge is 0.385 e. The van der Waals surface area contributed by atoms with Gasteiger partial charge in [-0.25, -0.2) is 4.98 Å². The van der Waals surface area contributed by atoms with Gasteiger partial charge in [0.15, 0.2) is 0 Å². The minimum atomic E-state index is 0. The Morgan fingerprint density at radius 1 is 1.05 bits per heavy atom. The van der Waals surface area contributed by atoms with Gasteiger partial charge in [0.2, 0.25) is 0 Å². The summed E-state index contributed by atoms with van der Waals surface area (Å²) in [6, 6.07) is 14.5. The number of nitrogens with two attached hydrogens (primary N) is 1. The summed E-state index contributed by atoms with van der Waals surface area (Å²) in [5.41, 5.74) is 11.0. The Balaban J connectivity index is 0.00000161. The number of rotatable bonds is 3. The van der Waals surface area contributed by atoms with Crippen molar-refractivity contribution in [3.63, 3.8) is 0 Å². The normalized spacial score (nSPS) is 10.6. The molecule has 0 bridgehead atoms. The van der Waals surface area contributed by atoms with Crippen molar-refractivity contribution in [2.75, 3.05) is 5.73 Å². The van der Waals surface area contributed by atoms with Crippen LogP contribution in [0.25, 0.3) is 11.4 Å². The molecule has 0 fully saturated rings. The van der Waals surface area contributed by atoms with E-state index in [4.69, 9.17) is 5.73 Å². The molecule has 2 aliphatic rings. The first-order chi connectivity index (χ1) is 9.66. The molecule has 21 heavy (non-hydrogen) atoms. The molecule has 0 atom stereocenters. The molecule has 0 saturated heterocycles. The molecule has 3 rings (SSSR count). The first kappa shape index (κ1) is 15.6. The van der Waals surface area contributed by atoms with E-state index in [0.29, 0.717) is 0 Å².